The van der Waals surface area contributed by atoms with E-state index in [2.05, 4.69) is 4.98 Å². The Hall–Kier alpha value is -0.480. The normalized spacial score (nSPS) is 15.8. The summed E-state index contributed by atoms with van der Waals surface area (Å²) in [5.41, 5.74) is 4.97. The maximum Gasteiger partial charge on any atom is 0.126 e. The molecule has 1 aromatic rings. The van der Waals surface area contributed by atoms with Gasteiger partial charge in [0, 0.05) is 17.8 Å². The minimum absolute atomic E-state index is 0.0463. The highest BCUT2D eigenvalue weighted by Crippen LogP contribution is 2.22. The van der Waals surface area contributed by atoms with E-state index in [0.717, 1.165) is 15.6 Å². The lowest BCUT2D eigenvalue weighted by Crippen LogP contribution is -2.31. The number of aryl methyl sites for hydroxylation is 2. The highest BCUT2D eigenvalue weighted by molar-refractivity contribution is 7.11. The van der Waals surface area contributed by atoms with Crippen molar-refractivity contribution in [3.05, 3.63) is 15.6 Å². The SMILES string of the molecule is Cc1nc(CC(C)(F)CN)sc1C. The first kappa shape index (κ1) is 10.6. The van der Waals surface area contributed by atoms with Gasteiger partial charge < -0.3 is 5.73 Å². The number of halogens is 1. The van der Waals surface area contributed by atoms with Crippen molar-refractivity contribution < 1.29 is 4.39 Å². The predicted molar refractivity (Wildman–Crippen MR) is 53.9 cm³/mol. The van der Waals surface area contributed by atoms with Crippen LogP contribution in [0.25, 0.3) is 0 Å². The van der Waals surface area contributed by atoms with E-state index in [1.165, 1.54) is 6.92 Å². The van der Waals surface area contributed by atoms with Crippen LogP contribution in [0.5, 0.6) is 0 Å². The molecule has 2 nitrogen and oxygen atoms in total. The number of alkyl halides is 1. The Morgan fingerprint density at radius 3 is 2.54 bits per heavy atom. The zero-order chi connectivity index (χ0) is 10.1. The van der Waals surface area contributed by atoms with Crippen molar-refractivity contribution in [1.82, 2.24) is 4.98 Å². The van der Waals surface area contributed by atoms with E-state index in [9.17, 15) is 4.39 Å². The Bertz CT molecular complexity index is 274. The van der Waals surface area contributed by atoms with Gasteiger partial charge in [-0.3, -0.25) is 0 Å². The van der Waals surface area contributed by atoms with Gasteiger partial charge in [-0.25, -0.2) is 9.37 Å². The average molecular weight is 202 g/mol. The van der Waals surface area contributed by atoms with E-state index in [1.807, 2.05) is 13.8 Å². The smallest absolute Gasteiger partial charge is 0.126 e. The third kappa shape index (κ3) is 2.74. The molecule has 74 valence electrons. The molecule has 1 rings (SSSR count). The largest absolute Gasteiger partial charge is 0.328 e. The second-order valence-corrected chi connectivity index (χ2v) is 4.83. The molecule has 0 bridgehead atoms. The molecule has 1 aromatic heterocycles. The predicted octanol–water partition coefficient (Wildman–Crippen LogP) is 1.99. The van der Waals surface area contributed by atoms with Crippen molar-refractivity contribution in [2.75, 3.05) is 6.54 Å². The summed E-state index contributed by atoms with van der Waals surface area (Å²) < 4.78 is 13.5. The van der Waals surface area contributed by atoms with Crippen LogP contribution in [0.3, 0.4) is 0 Å². The number of nitrogens with two attached hydrogens (primary N) is 1. The van der Waals surface area contributed by atoms with Crippen LogP contribution in [-0.4, -0.2) is 17.2 Å². The van der Waals surface area contributed by atoms with Gasteiger partial charge in [0.25, 0.3) is 0 Å². The van der Waals surface area contributed by atoms with Gasteiger partial charge in [-0.15, -0.1) is 11.3 Å². The third-order valence-corrected chi connectivity index (χ3v) is 3.09. The molecular weight excluding hydrogens is 187 g/mol. The van der Waals surface area contributed by atoms with Crippen molar-refractivity contribution in [3.8, 4) is 0 Å². The van der Waals surface area contributed by atoms with Gasteiger partial charge in [0.1, 0.15) is 5.67 Å². The summed E-state index contributed by atoms with van der Waals surface area (Å²) in [6.07, 6.45) is 0.322. The Balaban J connectivity index is 2.75. The first-order chi connectivity index (χ1) is 5.94. The highest BCUT2D eigenvalue weighted by atomic mass is 32.1. The fourth-order valence-corrected chi connectivity index (χ4v) is 2.10. The lowest BCUT2D eigenvalue weighted by atomic mass is 10.1. The van der Waals surface area contributed by atoms with Crippen LogP contribution in [-0.2, 0) is 6.42 Å². The molecule has 1 heterocycles. The molecule has 0 aromatic carbocycles. The van der Waals surface area contributed by atoms with Crippen LogP contribution >= 0.6 is 11.3 Å². The van der Waals surface area contributed by atoms with Gasteiger partial charge in [-0.1, -0.05) is 0 Å². The molecule has 1 unspecified atom stereocenters. The quantitative estimate of drug-likeness (QED) is 0.814. The molecule has 0 aliphatic heterocycles. The summed E-state index contributed by atoms with van der Waals surface area (Å²) in [7, 11) is 0. The molecule has 0 saturated heterocycles. The Kier molecular flexibility index (Phi) is 3.03. The number of aromatic nitrogens is 1. The Morgan fingerprint density at radius 1 is 1.54 bits per heavy atom. The van der Waals surface area contributed by atoms with Crippen molar-refractivity contribution >= 4 is 11.3 Å². The van der Waals surface area contributed by atoms with Crippen LogP contribution in [0.1, 0.15) is 22.5 Å². The molecule has 4 heteroatoms. The van der Waals surface area contributed by atoms with Crippen LogP contribution in [0.2, 0.25) is 0 Å². The van der Waals surface area contributed by atoms with Crippen LogP contribution < -0.4 is 5.73 Å². The Labute approximate surface area is 82.0 Å². The minimum atomic E-state index is -1.32. The van der Waals surface area contributed by atoms with Crippen LogP contribution in [0.4, 0.5) is 4.39 Å². The summed E-state index contributed by atoms with van der Waals surface area (Å²) in [4.78, 5) is 5.42. The number of rotatable bonds is 3. The molecule has 0 saturated carbocycles. The van der Waals surface area contributed by atoms with Gasteiger partial charge >= 0.3 is 0 Å². The van der Waals surface area contributed by atoms with E-state index in [0.29, 0.717) is 6.42 Å². The Morgan fingerprint density at radius 2 is 2.15 bits per heavy atom. The second-order valence-electron chi connectivity index (χ2n) is 3.54. The van der Waals surface area contributed by atoms with Crippen molar-refractivity contribution in [3.63, 3.8) is 0 Å². The second kappa shape index (κ2) is 3.72. The van der Waals surface area contributed by atoms with Crippen LogP contribution in [0.15, 0.2) is 0 Å². The van der Waals surface area contributed by atoms with Gasteiger partial charge in [0.15, 0.2) is 0 Å². The number of hydrogen-bond donors (Lipinski definition) is 1. The van der Waals surface area contributed by atoms with Gasteiger partial charge in [0.2, 0.25) is 0 Å². The summed E-state index contributed by atoms with van der Waals surface area (Å²) >= 11 is 1.55. The molecular formula is C9H15FN2S. The zero-order valence-corrected chi connectivity index (χ0v) is 9.04. The molecule has 0 amide bonds. The van der Waals surface area contributed by atoms with E-state index in [1.54, 1.807) is 11.3 Å². The topological polar surface area (TPSA) is 38.9 Å². The number of hydrogen-bond acceptors (Lipinski definition) is 3. The lowest BCUT2D eigenvalue weighted by Gasteiger charge is -2.15. The summed E-state index contributed by atoms with van der Waals surface area (Å²) in [5, 5.41) is 0.838. The highest BCUT2D eigenvalue weighted by Gasteiger charge is 2.23. The lowest BCUT2D eigenvalue weighted by molar-refractivity contribution is 0.200. The maximum absolute atomic E-state index is 13.5. The summed E-state index contributed by atoms with van der Waals surface area (Å²) in [5.74, 6) is 0. The van der Waals surface area contributed by atoms with Gasteiger partial charge in [-0.05, 0) is 20.8 Å². The molecule has 0 fully saturated rings. The molecule has 0 aliphatic carbocycles. The maximum atomic E-state index is 13.5. The minimum Gasteiger partial charge on any atom is -0.328 e. The van der Waals surface area contributed by atoms with Crippen LogP contribution in [0, 0.1) is 13.8 Å². The van der Waals surface area contributed by atoms with E-state index in [-0.39, 0.29) is 6.54 Å². The summed E-state index contributed by atoms with van der Waals surface area (Å²) in [6.45, 7) is 5.49. The standard InChI is InChI=1S/C9H15FN2S/c1-6-7(2)13-8(12-6)4-9(3,10)5-11/h4-5,11H2,1-3H3. The number of nitrogens with zero attached hydrogens (tertiary/aromatic N) is 1. The molecule has 0 spiro atoms. The molecule has 0 aliphatic rings. The monoisotopic (exact) mass is 202 g/mol. The van der Waals surface area contributed by atoms with Gasteiger partial charge in [0.05, 0.1) is 10.7 Å². The number of thiazole rings is 1. The van der Waals surface area contributed by atoms with E-state index >= 15 is 0 Å². The molecule has 1 atom stereocenters. The van der Waals surface area contributed by atoms with Gasteiger partial charge in [-0.2, -0.15) is 0 Å². The fraction of sp³-hybridized carbons (Fsp3) is 0.667. The van der Waals surface area contributed by atoms with Crippen molar-refractivity contribution in [2.45, 2.75) is 32.9 Å². The summed E-state index contributed by atoms with van der Waals surface area (Å²) in [6, 6.07) is 0. The third-order valence-electron chi connectivity index (χ3n) is 2.02. The van der Waals surface area contributed by atoms with E-state index in [4.69, 9.17) is 5.73 Å². The van der Waals surface area contributed by atoms with Crippen molar-refractivity contribution in [1.29, 1.82) is 0 Å². The molecule has 2 N–H and O–H groups in total. The first-order valence-corrected chi connectivity index (χ1v) is 5.08. The zero-order valence-electron chi connectivity index (χ0n) is 8.22. The van der Waals surface area contributed by atoms with E-state index < -0.39 is 5.67 Å². The molecule has 0 radical (unpaired) electrons. The molecule has 13 heavy (non-hydrogen) atoms. The fourth-order valence-electron chi connectivity index (χ4n) is 1.00. The average Bonchev–Trinajstić information content (AvgIpc) is 2.30. The van der Waals surface area contributed by atoms with Crippen molar-refractivity contribution in [2.24, 2.45) is 5.73 Å². The first-order valence-electron chi connectivity index (χ1n) is 4.26.